The number of nitriles is 1. The molecule has 1 N–H and O–H groups in total. The lowest BCUT2D eigenvalue weighted by Gasteiger charge is -2.41. The third-order valence-corrected chi connectivity index (χ3v) is 3.11. The number of fused-ring (bicyclic) bond motifs is 1. The average Bonchev–Trinajstić information content (AvgIpc) is 2.34. The van der Waals surface area contributed by atoms with Gasteiger partial charge in [0.25, 0.3) is 0 Å². The van der Waals surface area contributed by atoms with Crippen LogP contribution in [0.5, 0.6) is 5.75 Å². The molecule has 0 aliphatic carbocycles. The minimum atomic E-state index is -1.00. The van der Waals surface area contributed by atoms with Gasteiger partial charge in [0.05, 0.1) is 11.6 Å². The number of esters is 1. The highest BCUT2D eigenvalue weighted by atomic mass is 16.6. The number of hydrogen-bond donors (Lipinski definition) is 1. The molecule has 0 spiro atoms. The average molecular weight is 261 g/mol. The summed E-state index contributed by atoms with van der Waals surface area (Å²) in [5.74, 6) is 0.0237. The monoisotopic (exact) mass is 261 g/mol. The summed E-state index contributed by atoms with van der Waals surface area (Å²) in [7, 11) is 0. The lowest BCUT2D eigenvalue weighted by Crippen LogP contribution is -2.49. The molecule has 1 aromatic carbocycles. The number of nitrogens with zero attached hydrogens (tertiary/aromatic N) is 1. The van der Waals surface area contributed by atoms with E-state index in [1.54, 1.807) is 32.0 Å². The Labute approximate surface area is 111 Å². The van der Waals surface area contributed by atoms with Crippen LogP contribution in [0, 0.1) is 11.3 Å². The number of carbonyl (C=O) groups excluding carboxylic acids is 1. The fourth-order valence-electron chi connectivity index (χ4n) is 2.12. The summed E-state index contributed by atoms with van der Waals surface area (Å²) in [6.45, 7) is 4.72. The minimum Gasteiger partial charge on any atom is -0.485 e. The predicted octanol–water partition coefficient (Wildman–Crippen LogP) is 1.69. The fraction of sp³-hybridized carbons (Fsp3) is 0.429. The van der Waals surface area contributed by atoms with E-state index in [4.69, 9.17) is 14.7 Å². The summed E-state index contributed by atoms with van der Waals surface area (Å²) < 4.78 is 10.9. The quantitative estimate of drug-likeness (QED) is 0.778. The maximum Gasteiger partial charge on any atom is 0.303 e. The highest BCUT2D eigenvalue weighted by molar-refractivity contribution is 5.66. The Morgan fingerprint density at radius 2 is 2.21 bits per heavy atom. The molecule has 19 heavy (non-hydrogen) atoms. The van der Waals surface area contributed by atoms with Crippen molar-refractivity contribution in [3.63, 3.8) is 0 Å². The third-order valence-electron chi connectivity index (χ3n) is 3.11. The number of ether oxygens (including phenoxy) is 2. The van der Waals surface area contributed by atoms with Crippen LogP contribution in [0.15, 0.2) is 18.2 Å². The smallest absolute Gasteiger partial charge is 0.303 e. The van der Waals surface area contributed by atoms with Crippen molar-refractivity contribution in [3.05, 3.63) is 29.3 Å². The van der Waals surface area contributed by atoms with E-state index < -0.39 is 23.8 Å². The van der Waals surface area contributed by atoms with Crippen LogP contribution >= 0.6 is 0 Å². The summed E-state index contributed by atoms with van der Waals surface area (Å²) >= 11 is 0. The van der Waals surface area contributed by atoms with Crippen LogP contribution in [0.2, 0.25) is 0 Å². The van der Waals surface area contributed by atoms with Gasteiger partial charge >= 0.3 is 5.97 Å². The molecule has 1 aliphatic rings. The van der Waals surface area contributed by atoms with Gasteiger partial charge in [0.1, 0.15) is 17.5 Å². The largest absolute Gasteiger partial charge is 0.485 e. The second-order valence-corrected chi connectivity index (χ2v) is 5.04. The Balaban J connectivity index is 2.52. The van der Waals surface area contributed by atoms with E-state index in [-0.39, 0.29) is 0 Å². The highest BCUT2D eigenvalue weighted by Gasteiger charge is 2.44. The van der Waals surface area contributed by atoms with Gasteiger partial charge in [0.15, 0.2) is 6.10 Å². The molecule has 0 saturated heterocycles. The molecular weight excluding hydrogens is 246 g/mol. The molecule has 0 aromatic heterocycles. The third kappa shape index (κ3) is 2.40. The van der Waals surface area contributed by atoms with Crippen molar-refractivity contribution >= 4 is 5.97 Å². The zero-order chi connectivity index (χ0) is 14.2. The van der Waals surface area contributed by atoms with E-state index in [1.807, 2.05) is 6.07 Å². The molecule has 0 radical (unpaired) electrons. The topological polar surface area (TPSA) is 79.6 Å². The second kappa shape index (κ2) is 4.56. The van der Waals surface area contributed by atoms with Crippen molar-refractivity contribution < 1.29 is 19.4 Å². The minimum absolute atomic E-state index is 0.423. The van der Waals surface area contributed by atoms with Crippen LogP contribution in [0.1, 0.15) is 38.0 Å². The Morgan fingerprint density at radius 1 is 1.53 bits per heavy atom. The van der Waals surface area contributed by atoms with Gasteiger partial charge in [-0.2, -0.15) is 5.26 Å². The van der Waals surface area contributed by atoms with E-state index in [9.17, 15) is 9.90 Å². The van der Waals surface area contributed by atoms with Gasteiger partial charge in [-0.25, -0.2) is 0 Å². The summed E-state index contributed by atoms with van der Waals surface area (Å²) in [6.07, 6.45) is -1.83. The summed E-state index contributed by atoms with van der Waals surface area (Å²) in [5, 5.41) is 19.2. The van der Waals surface area contributed by atoms with Gasteiger partial charge in [-0.3, -0.25) is 4.79 Å². The summed E-state index contributed by atoms with van der Waals surface area (Å²) in [6, 6.07) is 6.85. The van der Waals surface area contributed by atoms with Gasteiger partial charge in [-0.15, -0.1) is 0 Å². The Morgan fingerprint density at radius 3 is 2.79 bits per heavy atom. The number of rotatable bonds is 1. The van der Waals surface area contributed by atoms with Gasteiger partial charge in [0, 0.05) is 12.5 Å². The molecule has 2 atom stereocenters. The maximum atomic E-state index is 11.2. The molecule has 1 aromatic rings. The highest BCUT2D eigenvalue weighted by Crippen LogP contribution is 2.42. The van der Waals surface area contributed by atoms with Crippen molar-refractivity contribution in [1.29, 1.82) is 5.26 Å². The van der Waals surface area contributed by atoms with Crippen LogP contribution in [0.25, 0.3) is 0 Å². The Bertz CT molecular complexity index is 559. The van der Waals surface area contributed by atoms with Gasteiger partial charge in [-0.05, 0) is 32.0 Å². The SMILES string of the molecule is CC(=O)O[C@@H]1c2cc(C#N)ccc2OC(C)(C)[C@H]1O. The first-order valence-electron chi connectivity index (χ1n) is 5.93. The molecule has 2 rings (SSSR count). The first kappa shape index (κ1) is 13.4. The number of hydrogen-bond acceptors (Lipinski definition) is 5. The molecule has 5 nitrogen and oxygen atoms in total. The molecule has 0 amide bonds. The lowest BCUT2D eigenvalue weighted by atomic mass is 9.88. The maximum absolute atomic E-state index is 11.2. The number of benzene rings is 1. The molecule has 0 unspecified atom stereocenters. The van der Waals surface area contributed by atoms with E-state index in [0.29, 0.717) is 16.9 Å². The van der Waals surface area contributed by atoms with E-state index in [1.165, 1.54) is 6.92 Å². The van der Waals surface area contributed by atoms with E-state index in [2.05, 4.69) is 0 Å². The Hall–Kier alpha value is -2.06. The number of carbonyl (C=O) groups is 1. The van der Waals surface area contributed by atoms with Crippen molar-refractivity contribution in [2.75, 3.05) is 0 Å². The summed E-state index contributed by atoms with van der Waals surface area (Å²) in [4.78, 5) is 11.2. The Kier molecular flexibility index (Phi) is 3.21. The number of aliphatic hydroxyl groups excluding tert-OH is 1. The predicted molar refractivity (Wildman–Crippen MR) is 66.4 cm³/mol. The number of aliphatic hydroxyl groups is 1. The van der Waals surface area contributed by atoms with Crippen molar-refractivity contribution in [1.82, 2.24) is 0 Å². The van der Waals surface area contributed by atoms with Crippen LogP contribution in [0.4, 0.5) is 0 Å². The zero-order valence-corrected chi connectivity index (χ0v) is 11.0. The van der Waals surface area contributed by atoms with Gasteiger partial charge < -0.3 is 14.6 Å². The fourth-order valence-corrected chi connectivity index (χ4v) is 2.12. The molecule has 0 bridgehead atoms. The van der Waals surface area contributed by atoms with E-state index in [0.717, 1.165) is 0 Å². The zero-order valence-electron chi connectivity index (χ0n) is 11.0. The molecule has 1 heterocycles. The van der Waals surface area contributed by atoms with Crippen LogP contribution in [-0.4, -0.2) is 22.8 Å². The molecule has 0 saturated carbocycles. The first-order chi connectivity index (χ1) is 8.85. The van der Waals surface area contributed by atoms with Crippen molar-refractivity contribution in [3.8, 4) is 11.8 Å². The van der Waals surface area contributed by atoms with Gasteiger partial charge in [-0.1, -0.05) is 0 Å². The molecular formula is C14H15NO4. The normalized spacial score (nSPS) is 23.7. The van der Waals surface area contributed by atoms with Gasteiger partial charge in [0.2, 0.25) is 0 Å². The molecule has 1 aliphatic heterocycles. The molecule has 0 fully saturated rings. The molecule has 5 heteroatoms. The second-order valence-electron chi connectivity index (χ2n) is 5.04. The van der Waals surface area contributed by atoms with Crippen LogP contribution < -0.4 is 4.74 Å². The van der Waals surface area contributed by atoms with E-state index >= 15 is 0 Å². The summed E-state index contributed by atoms with van der Waals surface area (Å²) in [5.41, 5.74) is 0.0638. The lowest BCUT2D eigenvalue weighted by molar-refractivity contribution is -0.167. The van der Waals surface area contributed by atoms with Crippen LogP contribution in [0.3, 0.4) is 0 Å². The standard InChI is InChI=1S/C14H15NO4/c1-8(16)18-12-10-6-9(7-15)4-5-11(10)19-14(2,3)13(12)17/h4-6,12-13,17H,1-3H3/t12-,13+/m1/s1. The van der Waals surface area contributed by atoms with Crippen molar-refractivity contribution in [2.24, 2.45) is 0 Å². The van der Waals surface area contributed by atoms with Crippen molar-refractivity contribution in [2.45, 2.75) is 38.6 Å². The first-order valence-corrected chi connectivity index (χ1v) is 5.93. The molecule has 100 valence electrons. The van der Waals surface area contributed by atoms with Crippen LogP contribution in [-0.2, 0) is 9.53 Å².